The molecule has 0 aliphatic rings. The molecule has 104 valence electrons. The van der Waals surface area contributed by atoms with Crippen LogP contribution in [0.2, 0.25) is 10.0 Å². The van der Waals surface area contributed by atoms with Gasteiger partial charge in [-0.1, -0.05) is 59.6 Å². The van der Waals surface area contributed by atoms with Crippen LogP contribution in [0, 0.1) is 0 Å². The lowest BCUT2D eigenvalue weighted by molar-refractivity contribution is -0.133. The van der Waals surface area contributed by atoms with Crippen LogP contribution < -0.4 is 5.48 Å². The smallest absolute Gasteiger partial charge is 0.247 e. The first-order valence-electron chi connectivity index (χ1n) is 6.03. The summed E-state index contributed by atoms with van der Waals surface area (Å²) in [5.41, 5.74) is 4.16. The van der Waals surface area contributed by atoms with Gasteiger partial charge < -0.3 is 0 Å². The lowest BCUT2D eigenvalue weighted by Gasteiger charge is -2.06. The molecule has 0 radical (unpaired) electrons. The Morgan fingerprint density at radius 2 is 1.75 bits per heavy atom. The number of carbonyl (C=O) groups excluding carboxylic acids is 1. The fourth-order valence-corrected chi connectivity index (χ4v) is 1.97. The summed E-state index contributed by atoms with van der Waals surface area (Å²) < 4.78 is 0. The molecule has 20 heavy (non-hydrogen) atoms. The van der Waals surface area contributed by atoms with Crippen LogP contribution in [-0.2, 0) is 22.7 Å². The van der Waals surface area contributed by atoms with Crippen molar-refractivity contribution in [3.63, 3.8) is 0 Å². The van der Waals surface area contributed by atoms with Gasteiger partial charge >= 0.3 is 0 Å². The molecule has 2 rings (SSSR count). The Kier molecular flexibility index (Phi) is 5.41. The van der Waals surface area contributed by atoms with E-state index in [9.17, 15) is 4.79 Å². The summed E-state index contributed by atoms with van der Waals surface area (Å²) in [7, 11) is 0. The van der Waals surface area contributed by atoms with Crippen LogP contribution in [0.15, 0.2) is 48.5 Å². The first-order chi connectivity index (χ1) is 9.65. The molecule has 2 aromatic rings. The molecule has 0 aliphatic heterocycles. The molecule has 0 aromatic heterocycles. The third-order valence-corrected chi connectivity index (χ3v) is 3.36. The second-order valence-electron chi connectivity index (χ2n) is 4.22. The van der Waals surface area contributed by atoms with Crippen molar-refractivity contribution in [3.8, 4) is 0 Å². The number of rotatable bonds is 5. The van der Waals surface area contributed by atoms with E-state index in [0.29, 0.717) is 16.7 Å². The number of hydrogen-bond acceptors (Lipinski definition) is 2. The number of halogens is 2. The van der Waals surface area contributed by atoms with Crippen molar-refractivity contribution in [2.45, 2.75) is 13.0 Å². The van der Waals surface area contributed by atoms with Gasteiger partial charge in [-0.05, 0) is 23.3 Å². The van der Waals surface area contributed by atoms with E-state index in [1.807, 2.05) is 30.3 Å². The first kappa shape index (κ1) is 14.9. The lowest BCUT2D eigenvalue weighted by atomic mass is 10.1. The van der Waals surface area contributed by atoms with Gasteiger partial charge in [0.15, 0.2) is 0 Å². The molecule has 1 amide bonds. The Labute approximate surface area is 127 Å². The predicted octanol–water partition coefficient (Wildman–Crippen LogP) is 3.78. The minimum atomic E-state index is -0.237. The van der Waals surface area contributed by atoms with E-state index in [0.717, 1.165) is 11.1 Å². The highest BCUT2D eigenvalue weighted by atomic mass is 35.5. The van der Waals surface area contributed by atoms with Crippen molar-refractivity contribution in [3.05, 3.63) is 69.7 Å². The fraction of sp³-hybridized carbons (Fsp3) is 0.133. The predicted molar refractivity (Wildman–Crippen MR) is 79.5 cm³/mol. The quantitative estimate of drug-likeness (QED) is 0.854. The van der Waals surface area contributed by atoms with Crippen molar-refractivity contribution in [1.82, 2.24) is 5.48 Å². The maximum Gasteiger partial charge on any atom is 0.247 e. The van der Waals surface area contributed by atoms with Gasteiger partial charge in [-0.15, -0.1) is 0 Å². The van der Waals surface area contributed by atoms with E-state index >= 15 is 0 Å². The van der Waals surface area contributed by atoms with Crippen LogP contribution in [0.1, 0.15) is 11.1 Å². The third kappa shape index (κ3) is 4.53. The maximum atomic E-state index is 11.7. The van der Waals surface area contributed by atoms with E-state index in [1.165, 1.54) is 0 Å². The molecule has 0 atom stereocenters. The van der Waals surface area contributed by atoms with Gasteiger partial charge in [0, 0.05) is 0 Å². The molecule has 3 nitrogen and oxygen atoms in total. The highest BCUT2D eigenvalue weighted by molar-refractivity contribution is 6.42. The van der Waals surface area contributed by atoms with Gasteiger partial charge in [0.05, 0.1) is 23.1 Å². The summed E-state index contributed by atoms with van der Waals surface area (Å²) in [6, 6.07) is 14.7. The Morgan fingerprint density at radius 1 is 1.00 bits per heavy atom. The van der Waals surface area contributed by atoms with Crippen molar-refractivity contribution in [1.29, 1.82) is 0 Å². The average molecular weight is 310 g/mol. The van der Waals surface area contributed by atoms with E-state index in [-0.39, 0.29) is 12.3 Å². The number of benzene rings is 2. The van der Waals surface area contributed by atoms with Gasteiger partial charge in [-0.2, -0.15) is 0 Å². The van der Waals surface area contributed by atoms with Gasteiger partial charge in [0.2, 0.25) is 5.91 Å². The molecule has 0 saturated heterocycles. The summed E-state index contributed by atoms with van der Waals surface area (Å²) in [6.07, 6.45) is 0.186. The number of hydrogen-bond donors (Lipinski definition) is 1. The van der Waals surface area contributed by atoms with E-state index in [1.54, 1.807) is 18.2 Å². The molecule has 0 unspecified atom stereocenters. The zero-order chi connectivity index (χ0) is 14.4. The van der Waals surface area contributed by atoms with Crippen LogP contribution >= 0.6 is 23.2 Å². The van der Waals surface area contributed by atoms with Gasteiger partial charge in [0.1, 0.15) is 0 Å². The Balaban J connectivity index is 1.79. The number of carbonyl (C=O) groups is 1. The SMILES string of the molecule is O=C(Cc1ccc(Cl)c(Cl)c1)NOCc1ccccc1. The number of hydroxylamine groups is 1. The van der Waals surface area contributed by atoms with Gasteiger partial charge in [-0.3, -0.25) is 9.63 Å². The Bertz CT molecular complexity index is 588. The molecule has 0 fully saturated rings. The van der Waals surface area contributed by atoms with E-state index in [2.05, 4.69) is 5.48 Å². The van der Waals surface area contributed by atoms with Crippen LogP contribution in [0.3, 0.4) is 0 Å². The van der Waals surface area contributed by atoms with Gasteiger partial charge in [-0.25, -0.2) is 5.48 Å². The third-order valence-electron chi connectivity index (χ3n) is 2.62. The molecule has 2 aromatic carbocycles. The minimum absolute atomic E-state index is 0.186. The summed E-state index contributed by atoms with van der Waals surface area (Å²) in [6.45, 7) is 0.327. The zero-order valence-electron chi connectivity index (χ0n) is 10.6. The van der Waals surface area contributed by atoms with Crippen LogP contribution in [0.5, 0.6) is 0 Å². The summed E-state index contributed by atoms with van der Waals surface area (Å²) >= 11 is 11.7. The van der Waals surface area contributed by atoms with Crippen molar-refractivity contribution < 1.29 is 9.63 Å². The Morgan fingerprint density at radius 3 is 2.45 bits per heavy atom. The molecule has 0 aliphatic carbocycles. The lowest BCUT2D eigenvalue weighted by Crippen LogP contribution is -2.25. The number of amides is 1. The normalized spacial score (nSPS) is 10.3. The molecular weight excluding hydrogens is 297 g/mol. The molecular formula is C15H13Cl2NO2. The second-order valence-corrected chi connectivity index (χ2v) is 5.04. The second kappa shape index (κ2) is 7.29. The first-order valence-corrected chi connectivity index (χ1v) is 6.79. The summed E-state index contributed by atoms with van der Waals surface area (Å²) in [5, 5.41) is 0.901. The van der Waals surface area contributed by atoms with E-state index < -0.39 is 0 Å². The van der Waals surface area contributed by atoms with Crippen molar-refractivity contribution >= 4 is 29.1 Å². The highest BCUT2D eigenvalue weighted by Crippen LogP contribution is 2.22. The summed E-state index contributed by atoms with van der Waals surface area (Å²) in [4.78, 5) is 16.8. The standard InChI is InChI=1S/C15H13Cl2NO2/c16-13-7-6-12(8-14(13)17)9-15(19)18-20-10-11-4-2-1-3-5-11/h1-8H,9-10H2,(H,18,19). The van der Waals surface area contributed by atoms with Crippen LogP contribution in [0.25, 0.3) is 0 Å². The molecule has 0 heterocycles. The summed E-state index contributed by atoms with van der Waals surface area (Å²) in [5.74, 6) is -0.237. The topological polar surface area (TPSA) is 38.3 Å². The van der Waals surface area contributed by atoms with Crippen LogP contribution in [-0.4, -0.2) is 5.91 Å². The molecule has 0 saturated carbocycles. The van der Waals surface area contributed by atoms with Crippen molar-refractivity contribution in [2.75, 3.05) is 0 Å². The fourth-order valence-electron chi connectivity index (χ4n) is 1.65. The maximum absolute atomic E-state index is 11.7. The largest absolute Gasteiger partial charge is 0.272 e. The van der Waals surface area contributed by atoms with Gasteiger partial charge in [0.25, 0.3) is 0 Å². The molecule has 0 spiro atoms. The highest BCUT2D eigenvalue weighted by Gasteiger charge is 2.05. The molecule has 5 heteroatoms. The van der Waals surface area contributed by atoms with Crippen LogP contribution in [0.4, 0.5) is 0 Å². The Hall–Kier alpha value is -1.55. The zero-order valence-corrected chi connectivity index (χ0v) is 12.1. The minimum Gasteiger partial charge on any atom is -0.272 e. The van der Waals surface area contributed by atoms with Crippen molar-refractivity contribution in [2.24, 2.45) is 0 Å². The van der Waals surface area contributed by atoms with E-state index in [4.69, 9.17) is 28.0 Å². The monoisotopic (exact) mass is 309 g/mol. The number of nitrogens with one attached hydrogen (secondary N) is 1. The molecule has 1 N–H and O–H groups in total. The molecule has 0 bridgehead atoms. The average Bonchev–Trinajstić information content (AvgIpc) is 2.44.